The summed E-state index contributed by atoms with van der Waals surface area (Å²) in [5.41, 5.74) is 1.05. The van der Waals surface area contributed by atoms with Gasteiger partial charge in [-0.05, 0) is 19.9 Å². The van der Waals surface area contributed by atoms with E-state index in [4.69, 9.17) is 0 Å². The average Bonchev–Trinajstić information content (AvgIpc) is 2.73. The van der Waals surface area contributed by atoms with Crippen LogP contribution in [0.3, 0.4) is 0 Å². The van der Waals surface area contributed by atoms with Crippen LogP contribution in [0.4, 0.5) is 0 Å². The van der Waals surface area contributed by atoms with E-state index in [1.54, 1.807) is 11.3 Å². The lowest BCUT2D eigenvalue weighted by Crippen LogP contribution is -2.35. The highest BCUT2D eigenvalue weighted by Gasteiger charge is 2.08. The number of aryl methyl sites for hydroxylation is 1. The number of rotatable bonds is 7. The van der Waals surface area contributed by atoms with Gasteiger partial charge in [0.1, 0.15) is 0 Å². The molecule has 96 valence electrons. The van der Waals surface area contributed by atoms with Gasteiger partial charge in [-0.3, -0.25) is 9.69 Å². The van der Waals surface area contributed by atoms with E-state index in [1.807, 2.05) is 18.9 Å². The van der Waals surface area contributed by atoms with Crippen molar-refractivity contribution in [1.82, 2.24) is 15.2 Å². The normalized spacial score (nSPS) is 10.8. The molecule has 1 heterocycles. The number of carbonyl (C=O) groups is 1. The molecule has 0 saturated heterocycles. The second-order valence-corrected chi connectivity index (χ2v) is 5.05. The lowest BCUT2D eigenvalue weighted by molar-refractivity contribution is -0.122. The van der Waals surface area contributed by atoms with Crippen LogP contribution < -0.4 is 5.32 Å². The molecule has 0 bridgehead atoms. The molecule has 1 amide bonds. The van der Waals surface area contributed by atoms with Crippen LogP contribution in [0, 0.1) is 0 Å². The van der Waals surface area contributed by atoms with E-state index >= 15 is 0 Å². The van der Waals surface area contributed by atoms with Crippen LogP contribution in [0.2, 0.25) is 0 Å². The number of amides is 1. The third kappa shape index (κ3) is 5.28. The molecule has 1 aromatic rings. The number of nitrogens with one attached hydrogen (secondary N) is 1. The predicted octanol–water partition coefficient (Wildman–Crippen LogP) is 1.66. The molecule has 1 aromatic heterocycles. The van der Waals surface area contributed by atoms with Gasteiger partial charge in [0.2, 0.25) is 5.91 Å². The SMILES string of the molecule is CCCNC(=O)CN(C)Cc1csc(CC)n1. The molecule has 4 nitrogen and oxygen atoms in total. The zero-order valence-electron chi connectivity index (χ0n) is 10.8. The maximum Gasteiger partial charge on any atom is 0.234 e. The molecule has 0 atom stereocenters. The summed E-state index contributed by atoms with van der Waals surface area (Å²) in [4.78, 5) is 18.0. The summed E-state index contributed by atoms with van der Waals surface area (Å²) in [7, 11) is 1.94. The zero-order chi connectivity index (χ0) is 12.7. The van der Waals surface area contributed by atoms with Gasteiger partial charge in [-0.15, -0.1) is 11.3 Å². The molecule has 0 aliphatic rings. The van der Waals surface area contributed by atoms with Gasteiger partial charge < -0.3 is 5.32 Å². The molecule has 0 aliphatic heterocycles. The Bertz CT molecular complexity index is 351. The highest BCUT2D eigenvalue weighted by atomic mass is 32.1. The zero-order valence-corrected chi connectivity index (χ0v) is 11.6. The molecule has 5 heteroatoms. The Labute approximate surface area is 107 Å². The Balaban J connectivity index is 2.33. The molecule has 0 radical (unpaired) electrons. The van der Waals surface area contributed by atoms with Crippen molar-refractivity contribution in [2.75, 3.05) is 20.1 Å². The fourth-order valence-electron chi connectivity index (χ4n) is 1.48. The summed E-state index contributed by atoms with van der Waals surface area (Å²) >= 11 is 1.69. The maximum absolute atomic E-state index is 11.5. The van der Waals surface area contributed by atoms with Crippen LogP contribution in [0.5, 0.6) is 0 Å². The molecule has 0 aromatic carbocycles. The largest absolute Gasteiger partial charge is 0.355 e. The lowest BCUT2D eigenvalue weighted by Gasteiger charge is -2.14. The molecule has 0 aliphatic carbocycles. The average molecular weight is 255 g/mol. The first-order valence-corrected chi connectivity index (χ1v) is 6.92. The van der Waals surface area contributed by atoms with Crippen molar-refractivity contribution < 1.29 is 4.79 Å². The van der Waals surface area contributed by atoms with Crippen LogP contribution >= 0.6 is 11.3 Å². The molecule has 1 rings (SSSR count). The second-order valence-electron chi connectivity index (χ2n) is 4.11. The molecule has 0 spiro atoms. The van der Waals surface area contributed by atoms with Gasteiger partial charge in [0.15, 0.2) is 0 Å². The van der Waals surface area contributed by atoms with Crippen molar-refractivity contribution in [3.63, 3.8) is 0 Å². The molecule has 0 saturated carbocycles. The van der Waals surface area contributed by atoms with Crippen molar-refractivity contribution in [3.05, 3.63) is 16.1 Å². The quantitative estimate of drug-likeness (QED) is 0.806. The summed E-state index contributed by atoms with van der Waals surface area (Å²) in [5, 5.41) is 6.09. The third-order valence-corrected chi connectivity index (χ3v) is 3.36. The van der Waals surface area contributed by atoms with Crippen molar-refractivity contribution in [2.45, 2.75) is 33.2 Å². The Kier molecular flexibility index (Phi) is 6.15. The van der Waals surface area contributed by atoms with E-state index in [0.717, 1.165) is 36.6 Å². The summed E-state index contributed by atoms with van der Waals surface area (Å²) in [5.74, 6) is 0.0836. The topological polar surface area (TPSA) is 45.2 Å². The number of carbonyl (C=O) groups excluding carboxylic acids is 1. The number of nitrogens with zero attached hydrogens (tertiary/aromatic N) is 2. The van der Waals surface area contributed by atoms with E-state index in [0.29, 0.717) is 6.54 Å². The first-order valence-electron chi connectivity index (χ1n) is 6.04. The Morgan fingerprint density at radius 1 is 1.53 bits per heavy atom. The minimum Gasteiger partial charge on any atom is -0.355 e. The third-order valence-electron chi connectivity index (χ3n) is 2.32. The van der Waals surface area contributed by atoms with Gasteiger partial charge in [-0.2, -0.15) is 0 Å². The molecule has 0 unspecified atom stereocenters. The van der Waals surface area contributed by atoms with Crippen LogP contribution in [0.1, 0.15) is 31.0 Å². The highest BCUT2D eigenvalue weighted by molar-refractivity contribution is 7.09. The number of aromatic nitrogens is 1. The van der Waals surface area contributed by atoms with Crippen LogP contribution in [0.25, 0.3) is 0 Å². The standard InChI is InChI=1S/C12H21N3OS/c1-4-6-13-11(16)8-15(3)7-10-9-17-12(5-2)14-10/h9H,4-8H2,1-3H3,(H,13,16). The molecule has 17 heavy (non-hydrogen) atoms. The van der Waals surface area contributed by atoms with Gasteiger partial charge in [-0.25, -0.2) is 4.98 Å². The second kappa shape index (κ2) is 7.40. The summed E-state index contributed by atoms with van der Waals surface area (Å²) < 4.78 is 0. The van der Waals surface area contributed by atoms with Gasteiger partial charge in [0.05, 0.1) is 17.2 Å². The summed E-state index contributed by atoms with van der Waals surface area (Å²) in [6, 6.07) is 0. The summed E-state index contributed by atoms with van der Waals surface area (Å²) in [6.07, 6.45) is 1.95. The molecular formula is C12H21N3OS. The smallest absolute Gasteiger partial charge is 0.234 e. The van der Waals surface area contributed by atoms with Gasteiger partial charge >= 0.3 is 0 Å². The van der Waals surface area contributed by atoms with E-state index < -0.39 is 0 Å². The van der Waals surface area contributed by atoms with Crippen LogP contribution in [-0.2, 0) is 17.8 Å². The van der Waals surface area contributed by atoms with Crippen LogP contribution in [0.15, 0.2) is 5.38 Å². The number of hydrogen-bond donors (Lipinski definition) is 1. The lowest BCUT2D eigenvalue weighted by atomic mass is 10.4. The van der Waals surface area contributed by atoms with Crippen molar-refractivity contribution in [3.8, 4) is 0 Å². The Morgan fingerprint density at radius 2 is 2.29 bits per heavy atom. The molecule has 0 fully saturated rings. The number of likely N-dealkylation sites (N-methyl/N-ethyl adjacent to an activating group) is 1. The molecular weight excluding hydrogens is 234 g/mol. The molecule has 1 N–H and O–H groups in total. The maximum atomic E-state index is 11.5. The fourth-order valence-corrected chi connectivity index (χ4v) is 2.22. The fraction of sp³-hybridized carbons (Fsp3) is 0.667. The van der Waals surface area contributed by atoms with Gasteiger partial charge in [0.25, 0.3) is 0 Å². The number of hydrogen-bond acceptors (Lipinski definition) is 4. The van der Waals surface area contributed by atoms with Crippen LogP contribution in [-0.4, -0.2) is 35.9 Å². The monoisotopic (exact) mass is 255 g/mol. The first kappa shape index (κ1) is 14.1. The van der Waals surface area contributed by atoms with Crippen molar-refractivity contribution >= 4 is 17.2 Å². The van der Waals surface area contributed by atoms with Crippen molar-refractivity contribution in [1.29, 1.82) is 0 Å². The van der Waals surface area contributed by atoms with Crippen molar-refractivity contribution in [2.24, 2.45) is 0 Å². The number of thiazole rings is 1. The predicted molar refractivity (Wildman–Crippen MR) is 71.1 cm³/mol. The van der Waals surface area contributed by atoms with Gasteiger partial charge in [0, 0.05) is 18.5 Å². The minimum absolute atomic E-state index is 0.0836. The van der Waals surface area contributed by atoms with E-state index in [-0.39, 0.29) is 5.91 Å². The summed E-state index contributed by atoms with van der Waals surface area (Å²) in [6.45, 7) is 6.06. The Hall–Kier alpha value is -0.940. The van der Waals surface area contributed by atoms with E-state index in [2.05, 4.69) is 22.6 Å². The van der Waals surface area contributed by atoms with E-state index in [1.165, 1.54) is 0 Å². The first-order chi connectivity index (χ1) is 8.15. The van der Waals surface area contributed by atoms with E-state index in [9.17, 15) is 4.79 Å². The highest BCUT2D eigenvalue weighted by Crippen LogP contribution is 2.11. The Morgan fingerprint density at radius 3 is 2.88 bits per heavy atom. The minimum atomic E-state index is 0.0836. The van der Waals surface area contributed by atoms with Gasteiger partial charge in [-0.1, -0.05) is 13.8 Å².